The van der Waals surface area contributed by atoms with Crippen LogP contribution in [0.1, 0.15) is 83.7 Å². The molecule has 0 aliphatic carbocycles. The van der Waals surface area contributed by atoms with Crippen LogP contribution in [0.2, 0.25) is 0 Å². The third kappa shape index (κ3) is 7.75. The molecule has 0 unspecified atom stereocenters. The first-order valence-corrected chi connectivity index (χ1v) is 15.9. The second-order valence-electron chi connectivity index (χ2n) is 11.1. The monoisotopic (exact) mass is 773 g/mol. The Balaban J connectivity index is 0.000000274. The Kier molecular flexibility index (Phi) is 12.6. The van der Waals surface area contributed by atoms with Crippen molar-refractivity contribution >= 4 is 49.0 Å². The average molecular weight is 773 g/mol. The maximum atomic E-state index is 11.7. The molecule has 0 atom stereocenters. The third-order valence-corrected chi connectivity index (χ3v) is 8.94. The van der Waals surface area contributed by atoms with Crippen LogP contribution in [0.4, 0.5) is 0 Å². The van der Waals surface area contributed by atoms with E-state index in [1.54, 1.807) is 11.3 Å². The van der Waals surface area contributed by atoms with Crippen molar-refractivity contribution < 1.29 is 30.0 Å². The predicted molar refractivity (Wildman–Crippen MR) is 177 cm³/mol. The minimum Gasteiger partial charge on any atom is -0.512 e. The molecule has 5 aromatic rings. The molecular formula is C36H42IrN3O2S-. The maximum Gasteiger partial charge on any atom is 0.162 e. The number of aryl methyl sites for hydroxylation is 1. The van der Waals surface area contributed by atoms with E-state index in [0.717, 1.165) is 70.0 Å². The summed E-state index contributed by atoms with van der Waals surface area (Å²) >= 11 is 1.76. The molecule has 1 aromatic carbocycles. The zero-order valence-electron chi connectivity index (χ0n) is 26.2. The molecule has 0 saturated carbocycles. The summed E-state index contributed by atoms with van der Waals surface area (Å²) < 4.78 is 1.17. The summed E-state index contributed by atoms with van der Waals surface area (Å²) in [6.07, 6.45) is 6.74. The first-order chi connectivity index (χ1) is 20.2. The second-order valence-corrected chi connectivity index (χ2v) is 12.4. The van der Waals surface area contributed by atoms with E-state index in [9.17, 15) is 9.90 Å². The fourth-order valence-corrected chi connectivity index (χ4v) is 6.39. The normalized spacial score (nSPS) is 11.8. The Labute approximate surface area is 273 Å². The summed E-state index contributed by atoms with van der Waals surface area (Å²) in [7, 11) is 0. The van der Waals surface area contributed by atoms with Gasteiger partial charge in [-0.1, -0.05) is 59.1 Å². The molecule has 0 aliphatic rings. The van der Waals surface area contributed by atoms with Crippen LogP contribution in [0.15, 0.2) is 60.5 Å². The number of hydrogen-bond donors (Lipinski definition) is 1. The molecule has 0 aliphatic heterocycles. The van der Waals surface area contributed by atoms with Crippen molar-refractivity contribution in [2.75, 3.05) is 0 Å². The van der Waals surface area contributed by atoms with Gasteiger partial charge >= 0.3 is 0 Å². The number of aromatic nitrogens is 3. The number of carbonyl (C=O) groups excluding carboxylic acids is 1. The summed E-state index contributed by atoms with van der Waals surface area (Å²) in [5.41, 5.74) is 4.65. The zero-order valence-corrected chi connectivity index (χ0v) is 29.4. The number of pyridine rings is 3. The standard InChI is InChI=1S/C23H18N3S.C13H24O2.Ir/c1-13(2)20-16-8-5-4-7-15(16)12-19(26-20)21-17-11-14(3)27-23(17)22-18(25-21)9-6-10-24-22;1-5-10(6-2)12(14)9-13(15)11(7-3)8-4;/h4-11,13H,1-3H3;9-11,14H,5-8H2,1-4H3;/q-1;;/b;12-9-;. The van der Waals surface area contributed by atoms with Gasteiger partial charge in [0.1, 0.15) is 5.52 Å². The molecule has 4 aromatic heterocycles. The van der Waals surface area contributed by atoms with Gasteiger partial charge in [0.25, 0.3) is 0 Å². The number of nitrogens with zero attached hydrogens (tertiary/aromatic N) is 3. The van der Waals surface area contributed by atoms with Gasteiger partial charge in [-0.15, -0.1) is 34.9 Å². The van der Waals surface area contributed by atoms with Gasteiger partial charge in [0, 0.05) is 66.2 Å². The fourth-order valence-electron chi connectivity index (χ4n) is 5.37. The number of hydrogen-bond acceptors (Lipinski definition) is 6. The number of aliphatic hydroxyl groups excluding tert-OH is 1. The van der Waals surface area contributed by atoms with Crippen LogP contribution in [0.3, 0.4) is 0 Å². The van der Waals surface area contributed by atoms with Crippen LogP contribution < -0.4 is 0 Å². The SMILES string of the molecule is CCC(CC)C(=O)/C=C(\O)C(CC)CC.Cc1cc2c(-c3[c-]c4ccccc4c(C(C)C)n3)nc3cccnc3c2s1.[Ir]. The summed E-state index contributed by atoms with van der Waals surface area (Å²) in [4.78, 5) is 27.5. The van der Waals surface area contributed by atoms with Gasteiger partial charge in [0.05, 0.1) is 16.0 Å². The molecule has 4 heterocycles. The first kappa shape index (κ1) is 34.5. The number of benzene rings is 1. The molecule has 0 saturated heterocycles. The summed E-state index contributed by atoms with van der Waals surface area (Å²) in [5.74, 6) is 0.871. The van der Waals surface area contributed by atoms with Crippen molar-refractivity contribution in [3.63, 3.8) is 0 Å². The van der Waals surface area contributed by atoms with E-state index in [-0.39, 0.29) is 43.5 Å². The van der Waals surface area contributed by atoms with Gasteiger partial charge in [0.2, 0.25) is 0 Å². The van der Waals surface area contributed by atoms with E-state index in [1.165, 1.54) is 15.7 Å². The maximum absolute atomic E-state index is 11.7. The van der Waals surface area contributed by atoms with Gasteiger partial charge in [-0.25, -0.2) is 0 Å². The molecule has 1 radical (unpaired) electrons. The Morgan fingerprint density at radius 2 is 1.63 bits per heavy atom. The van der Waals surface area contributed by atoms with Crippen molar-refractivity contribution in [3.05, 3.63) is 77.1 Å². The van der Waals surface area contributed by atoms with Gasteiger partial charge in [0.15, 0.2) is 5.78 Å². The summed E-state index contributed by atoms with van der Waals surface area (Å²) in [6, 6.07) is 18.0. The molecule has 0 bridgehead atoms. The number of ketones is 1. The van der Waals surface area contributed by atoms with Crippen LogP contribution in [-0.2, 0) is 24.9 Å². The van der Waals surface area contributed by atoms with E-state index in [4.69, 9.17) is 9.97 Å². The molecule has 0 spiro atoms. The Hall–Kier alpha value is -2.99. The molecule has 0 amide bonds. The van der Waals surface area contributed by atoms with Crippen molar-refractivity contribution in [1.82, 2.24) is 15.0 Å². The first-order valence-electron chi connectivity index (χ1n) is 15.1. The third-order valence-electron chi connectivity index (χ3n) is 7.89. The molecule has 0 fully saturated rings. The topological polar surface area (TPSA) is 76.0 Å². The molecule has 5 rings (SSSR count). The van der Waals surface area contributed by atoms with Crippen LogP contribution in [0.25, 0.3) is 43.3 Å². The summed E-state index contributed by atoms with van der Waals surface area (Å²) in [6.45, 7) is 14.6. The smallest absolute Gasteiger partial charge is 0.162 e. The van der Waals surface area contributed by atoms with Gasteiger partial charge in [-0.05, 0) is 62.1 Å². The van der Waals surface area contributed by atoms with Crippen LogP contribution in [0.5, 0.6) is 0 Å². The van der Waals surface area contributed by atoms with Crippen molar-refractivity contribution in [2.45, 2.75) is 80.1 Å². The van der Waals surface area contributed by atoms with Crippen LogP contribution in [0, 0.1) is 24.8 Å². The Morgan fingerprint density at radius 3 is 2.28 bits per heavy atom. The number of aliphatic hydroxyl groups is 1. The van der Waals surface area contributed by atoms with Crippen molar-refractivity contribution in [3.8, 4) is 11.4 Å². The van der Waals surface area contributed by atoms with E-state index in [1.807, 2.05) is 46.0 Å². The number of rotatable bonds is 9. The summed E-state index contributed by atoms with van der Waals surface area (Å²) in [5, 5.41) is 13.1. The Morgan fingerprint density at radius 1 is 0.953 bits per heavy atom. The molecular weight excluding hydrogens is 731 g/mol. The average Bonchev–Trinajstić information content (AvgIpc) is 3.39. The van der Waals surface area contributed by atoms with Crippen molar-refractivity contribution in [2.24, 2.45) is 11.8 Å². The number of fused-ring (bicyclic) bond motifs is 4. The van der Waals surface area contributed by atoms with Gasteiger partial charge in [-0.3, -0.25) is 19.7 Å². The zero-order chi connectivity index (χ0) is 30.4. The quantitative estimate of drug-likeness (QED) is 0.0918. The number of carbonyl (C=O) groups is 1. The van der Waals surface area contributed by atoms with Crippen LogP contribution in [-0.4, -0.2) is 25.8 Å². The Bertz CT molecular complexity index is 1720. The largest absolute Gasteiger partial charge is 0.512 e. The minimum atomic E-state index is 0. The van der Waals surface area contributed by atoms with Crippen molar-refractivity contribution in [1.29, 1.82) is 0 Å². The van der Waals surface area contributed by atoms with E-state index in [0.29, 0.717) is 5.92 Å². The van der Waals surface area contributed by atoms with Gasteiger partial charge in [-0.2, -0.15) is 0 Å². The van der Waals surface area contributed by atoms with E-state index in [2.05, 4.69) is 62.2 Å². The van der Waals surface area contributed by atoms with E-state index >= 15 is 0 Å². The fraction of sp³-hybridized carbons (Fsp3) is 0.389. The number of thiophene rings is 1. The second kappa shape index (κ2) is 15.6. The molecule has 1 N–H and O–H groups in total. The molecule has 43 heavy (non-hydrogen) atoms. The molecule has 5 nitrogen and oxygen atoms in total. The number of allylic oxidation sites excluding steroid dienone is 2. The molecule has 229 valence electrons. The molecule has 7 heteroatoms. The van der Waals surface area contributed by atoms with Gasteiger partial charge < -0.3 is 5.11 Å². The van der Waals surface area contributed by atoms with E-state index < -0.39 is 0 Å². The van der Waals surface area contributed by atoms with Crippen LogP contribution >= 0.6 is 11.3 Å². The minimum absolute atomic E-state index is 0. The predicted octanol–water partition coefficient (Wildman–Crippen LogP) is 10.2.